The summed E-state index contributed by atoms with van der Waals surface area (Å²) in [7, 11) is 0. The zero-order chi connectivity index (χ0) is 20.4. The van der Waals surface area contributed by atoms with Gasteiger partial charge in [0.15, 0.2) is 0 Å². The number of carboxylic acids is 1. The molecular formula is C18H28N4O5. The molecule has 0 saturated heterocycles. The highest BCUT2D eigenvalue weighted by molar-refractivity contribution is 5.95. The van der Waals surface area contributed by atoms with Crippen molar-refractivity contribution in [3.8, 4) is 0 Å². The van der Waals surface area contributed by atoms with Crippen LogP contribution >= 0.6 is 0 Å². The maximum atomic E-state index is 12.2. The van der Waals surface area contributed by atoms with Gasteiger partial charge in [0.25, 0.3) is 5.69 Å². The molecule has 0 saturated carbocycles. The van der Waals surface area contributed by atoms with Crippen LogP contribution in [0.25, 0.3) is 0 Å². The molecule has 0 heterocycles. The Labute approximate surface area is 158 Å². The van der Waals surface area contributed by atoms with Gasteiger partial charge in [0.1, 0.15) is 11.7 Å². The molecule has 1 aromatic carbocycles. The third-order valence-corrected chi connectivity index (χ3v) is 4.25. The molecule has 3 N–H and O–H groups in total. The van der Waals surface area contributed by atoms with Crippen LogP contribution in [0.4, 0.5) is 11.4 Å². The standard InChI is InChI=1S/C18H28N4O5/c1-4-21(5-2)10-6-9-19-15(18(24)25)12-17(23)20-14-8-7-13(3)11-16(14)22(26)27/h7-8,11,15,19H,4-6,9-10,12H2,1-3H3,(H,20,23)(H,24,25). The van der Waals surface area contributed by atoms with Gasteiger partial charge >= 0.3 is 5.97 Å². The molecule has 0 aliphatic heterocycles. The van der Waals surface area contributed by atoms with Crippen LogP contribution in [0.1, 0.15) is 32.3 Å². The monoisotopic (exact) mass is 380 g/mol. The van der Waals surface area contributed by atoms with E-state index in [1.165, 1.54) is 12.1 Å². The summed E-state index contributed by atoms with van der Waals surface area (Å²) >= 11 is 0. The first-order chi connectivity index (χ1) is 12.8. The van der Waals surface area contributed by atoms with Crippen molar-refractivity contribution in [2.75, 3.05) is 31.5 Å². The van der Waals surface area contributed by atoms with Crippen molar-refractivity contribution in [2.24, 2.45) is 0 Å². The molecule has 0 aromatic heterocycles. The SMILES string of the molecule is CCN(CC)CCCNC(CC(=O)Nc1ccc(C)cc1[N+](=O)[O-])C(=O)O. The van der Waals surface area contributed by atoms with E-state index in [1.807, 2.05) is 0 Å². The number of rotatable bonds is 12. The van der Waals surface area contributed by atoms with E-state index >= 15 is 0 Å². The van der Waals surface area contributed by atoms with Crippen molar-refractivity contribution < 1.29 is 19.6 Å². The number of nitrogens with one attached hydrogen (secondary N) is 2. The van der Waals surface area contributed by atoms with Gasteiger partial charge < -0.3 is 20.6 Å². The van der Waals surface area contributed by atoms with Crippen LogP contribution in [0.2, 0.25) is 0 Å². The number of nitro benzene ring substituents is 1. The highest BCUT2D eigenvalue weighted by Crippen LogP contribution is 2.25. The van der Waals surface area contributed by atoms with Crippen molar-refractivity contribution in [2.45, 2.75) is 39.7 Å². The number of nitrogens with zero attached hydrogens (tertiary/aromatic N) is 2. The first kappa shape index (κ1) is 22.5. The van der Waals surface area contributed by atoms with E-state index < -0.39 is 22.8 Å². The van der Waals surface area contributed by atoms with E-state index in [0.717, 1.165) is 26.1 Å². The van der Waals surface area contributed by atoms with E-state index in [9.17, 15) is 24.8 Å². The molecule has 0 spiro atoms. The smallest absolute Gasteiger partial charge is 0.321 e. The van der Waals surface area contributed by atoms with Crippen molar-refractivity contribution in [1.29, 1.82) is 0 Å². The number of aryl methyl sites for hydroxylation is 1. The summed E-state index contributed by atoms with van der Waals surface area (Å²) in [6, 6.07) is 3.39. The summed E-state index contributed by atoms with van der Waals surface area (Å²) in [4.78, 5) is 36.3. The molecule has 9 nitrogen and oxygen atoms in total. The lowest BCUT2D eigenvalue weighted by Gasteiger charge is -2.19. The summed E-state index contributed by atoms with van der Waals surface area (Å²) in [6.07, 6.45) is 0.447. The fourth-order valence-electron chi connectivity index (χ4n) is 2.65. The second-order valence-corrected chi connectivity index (χ2v) is 6.26. The Morgan fingerprint density at radius 1 is 1.30 bits per heavy atom. The van der Waals surface area contributed by atoms with Crippen molar-refractivity contribution in [3.63, 3.8) is 0 Å². The average molecular weight is 380 g/mol. The van der Waals surface area contributed by atoms with Crippen LogP contribution in [0, 0.1) is 17.0 Å². The fourth-order valence-corrected chi connectivity index (χ4v) is 2.65. The van der Waals surface area contributed by atoms with E-state index in [2.05, 4.69) is 29.4 Å². The number of carbonyl (C=O) groups is 2. The maximum Gasteiger partial charge on any atom is 0.321 e. The van der Waals surface area contributed by atoms with E-state index in [-0.39, 0.29) is 17.8 Å². The molecule has 0 bridgehead atoms. The lowest BCUT2D eigenvalue weighted by atomic mass is 10.1. The van der Waals surface area contributed by atoms with Gasteiger partial charge in [-0.05, 0) is 51.2 Å². The van der Waals surface area contributed by atoms with E-state index in [1.54, 1.807) is 13.0 Å². The first-order valence-corrected chi connectivity index (χ1v) is 9.01. The summed E-state index contributed by atoms with van der Waals surface area (Å²) in [5.41, 5.74) is 0.529. The van der Waals surface area contributed by atoms with Gasteiger partial charge in [-0.15, -0.1) is 0 Å². The van der Waals surface area contributed by atoms with E-state index in [0.29, 0.717) is 12.1 Å². The van der Waals surface area contributed by atoms with Crippen molar-refractivity contribution in [1.82, 2.24) is 10.2 Å². The van der Waals surface area contributed by atoms with Gasteiger partial charge in [0.2, 0.25) is 5.91 Å². The number of aliphatic carboxylic acids is 1. The number of nitro groups is 1. The third-order valence-electron chi connectivity index (χ3n) is 4.25. The lowest BCUT2D eigenvalue weighted by molar-refractivity contribution is -0.384. The number of amides is 1. The quantitative estimate of drug-likeness (QED) is 0.288. The fraction of sp³-hybridized carbons (Fsp3) is 0.556. The van der Waals surface area contributed by atoms with Crippen LogP contribution in [0.15, 0.2) is 18.2 Å². The van der Waals surface area contributed by atoms with Gasteiger partial charge in [0, 0.05) is 6.07 Å². The van der Waals surface area contributed by atoms with Gasteiger partial charge in [0.05, 0.1) is 11.3 Å². The normalized spacial score (nSPS) is 12.0. The van der Waals surface area contributed by atoms with Crippen LogP contribution in [0.5, 0.6) is 0 Å². The van der Waals surface area contributed by atoms with Gasteiger partial charge in [-0.2, -0.15) is 0 Å². The zero-order valence-corrected chi connectivity index (χ0v) is 16.0. The Bertz CT molecular complexity index is 661. The maximum absolute atomic E-state index is 12.2. The Hall–Kier alpha value is -2.52. The largest absolute Gasteiger partial charge is 0.480 e. The molecule has 9 heteroatoms. The molecule has 1 atom stereocenters. The number of anilines is 1. The molecule has 0 fully saturated rings. The van der Waals surface area contributed by atoms with Crippen LogP contribution in [0.3, 0.4) is 0 Å². The molecule has 1 rings (SSSR count). The Balaban J connectivity index is 2.61. The molecule has 0 radical (unpaired) electrons. The number of hydrogen-bond acceptors (Lipinski definition) is 6. The van der Waals surface area contributed by atoms with Gasteiger partial charge in [-0.1, -0.05) is 19.9 Å². The highest BCUT2D eigenvalue weighted by atomic mass is 16.6. The molecule has 0 aliphatic carbocycles. The molecular weight excluding hydrogens is 352 g/mol. The number of carboxylic acid groups (broad SMARTS) is 1. The molecule has 150 valence electrons. The first-order valence-electron chi connectivity index (χ1n) is 9.01. The summed E-state index contributed by atoms with van der Waals surface area (Å²) < 4.78 is 0. The molecule has 1 amide bonds. The predicted molar refractivity (Wildman–Crippen MR) is 103 cm³/mol. The second-order valence-electron chi connectivity index (χ2n) is 6.26. The molecule has 0 aliphatic rings. The van der Waals surface area contributed by atoms with Gasteiger partial charge in [-0.3, -0.25) is 19.7 Å². The second kappa shape index (κ2) is 11.2. The zero-order valence-electron chi connectivity index (χ0n) is 16.0. The van der Waals surface area contributed by atoms with Crippen molar-refractivity contribution >= 4 is 23.3 Å². The predicted octanol–water partition coefficient (Wildman–Crippen LogP) is 2.01. The molecule has 1 unspecified atom stereocenters. The average Bonchev–Trinajstić information content (AvgIpc) is 2.62. The molecule has 27 heavy (non-hydrogen) atoms. The third kappa shape index (κ3) is 7.71. The Kier molecular flexibility index (Phi) is 9.38. The minimum atomic E-state index is -1.13. The molecule has 1 aromatic rings. The summed E-state index contributed by atoms with van der Waals surface area (Å²) in [5.74, 6) is -1.73. The number of hydrogen-bond donors (Lipinski definition) is 3. The lowest BCUT2D eigenvalue weighted by Crippen LogP contribution is -2.41. The van der Waals surface area contributed by atoms with Crippen LogP contribution in [-0.2, 0) is 9.59 Å². The van der Waals surface area contributed by atoms with Gasteiger partial charge in [-0.25, -0.2) is 0 Å². The topological polar surface area (TPSA) is 125 Å². The van der Waals surface area contributed by atoms with Crippen molar-refractivity contribution in [3.05, 3.63) is 33.9 Å². The number of carbonyl (C=O) groups excluding carboxylic acids is 1. The highest BCUT2D eigenvalue weighted by Gasteiger charge is 2.22. The van der Waals surface area contributed by atoms with Crippen LogP contribution in [-0.4, -0.2) is 59.0 Å². The van der Waals surface area contributed by atoms with Crippen LogP contribution < -0.4 is 10.6 Å². The Morgan fingerprint density at radius 2 is 1.96 bits per heavy atom. The summed E-state index contributed by atoms with van der Waals surface area (Å²) in [6.45, 7) is 8.99. The number of benzene rings is 1. The Morgan fingerprint density at radius 3 is 2.52 bits per heavy atom. The summed E-state index contributed by atoms with van der Waals surface area (Å²) in [5, 5.41) is 25.7. The minimum absolute atomic E-state index is 0.0567. The van der Waals surface area contributed by atoms with E-state index in [4.69, 9.17) is 0 Å². The minimum Gasteiger partial charge on any atom is -0.480 e.